The Morgan fingerprint density at radius 1 is 1.19 bits per heavy atom. The van der Waals surface area contributed by atoms with Gasteiger partial charge in [0.25, 0.3) is 0 Å². The second-order valence-corrected chi connectivity index (χ2v) is 6.63. The topological polar surface area (TPSA) is 51.7 Å². The Kier molecular flexibility index (Phi) is 6.23. The van der Waals surface area contributed by atoms with Crippen LogP contribution in [0.2, 0.25) is 0 Å². The van der Waals surface area contributed by atoms with E-state index in [0.29, 0.717) is 32.7 Å². The number of carbonyl (C=O) groups is 1. The first-order valence-electron chi connectivity index (χ1n) is 9.10. The van der Waals surface area contributed by atoms with Gasteiger partial charge in [0, 0.05) is 43.9 Å². The predicted molar refractivity (Wildman–Crippen MR) is 100 cm³/mol. The highest BCUT2D eigenvalue weighted by Crippen LogP contribution is 2.32. The molecule has 1 fully saturated rings. The van der Waals surface area contributed by atoms with Gasteiger partial charge in [-0.25, -0.2) is 0 Å². The Morgan fingerprint density at radius 2 is 2.00 bits per heavy atom. The van der Waals surface area contributed by atoms with Gasteiger partial charge in [-0.15, -0.1) is 0 Å². The van der Waals surface area contributed by atoms with E-state index in [2.05, 4.69) is 4.98 Å². The fourth-order valence-electron chi connectivity index (χ4n) is 3.54. The fraction of sp³-hybridized carbons (Fsp3) is 0.429. The number of likely N-dealkylation sites (tertiary alicyclic amines) is 1. The minimum absolute atomic E-state index is 0.147. The summed E-state index contributed by atoms with van der Waals surface area (Å²) in [5, 5.41) is 0. The minimum atomic E-state index is 0.147. The molecular formula is C21H26N2O3. The predicted octanol–water partition coefficient (Wildman–Crippen LogP) is 2.91. The highest BCUT2D eigenvalue weighted by molar-refractivity contribution is 5.79. The molecule has 5 nitrogen and oxygen atoms in total. The summed E-state index contributed by atoms with van der Waals surface area (Å²) < 4.78 is 10.8. The van der Waals surface area contributed by atoms with E-state index < -0.39 is 0 Å². The van der Waals surface area contributed by atoms with E-state index in [1.807, 2.05) is 60.5 Å². The molecular weight excluding hydrogens is 328 g/mol. The molecule has 1 aliphatic heterocycles. The van der Waals surface area contributed by atoms with Crippen molar-refractivity contribution in [3.63, 3.8) is 0 Å². The van der Waals surface area contributed by atoms with Crippen LogP contribution >= 0.6 is 0 Å². The van der Waals surface area contributed by atoms with Crippen molar-refractivity contribution < 1.29 is 14.3 Å². The van der Waals surface area contributed by atoms with Crippen LogP contribution in [0.1, 0.15) is 24.1 Å². The molecule has 2 atom stereocenters. The second kappa shape index (κ2) is 8.81. The highest BCUT2D eigenvalue weighted by Gasteiger charge is 2.36. The van der Waals surface area contributed by atoms with Crippen molar-refractivity contribution in [3.05, 3.63) is 59.9 Å². The lowest BCUT2D eigenvalue weighted by molar-refractivity contribution is -0.129. The van der Waals surface area contributed by atoms with Crippen molar-refractivity contribution >= 4 is 5.91 Å². The van der Waals surface area contributed by atoms with Gasteiger partial charge in [-0.3, -0.25) is 9.78 Å². The number of ether oxygens (including phenoxy) is 2. The van der Waals surface area contributed by atoms with Crippen LogP contribution in [-0.2, 0) is 16.0 Å². The van der Waals surface area contributed by atoms with Crippen molar-refractivity contribution in [2.75, 3.05) is 33.4 Å². The van der Waals surface area contributed by atoms with Crippen molar-refractivity contribution in [2.45, 2.75) is 19.3 Å². The molecule has 2 heterocycles. The zero-order valence-electron chi connectivity index (χ0n) is 15.4. The van der Waals surface area contributed by atoms with Gasteiger partial charge in [-0.1, -0.05) is 18.2 Å². The molecule has 1 aliphatic rings. The standard InChI is InChI=1S/C21H26N2O3/c1-3-26-18-9-7-16(8-10-18)12-21(24)23-13-17(15-25-2)19(14-23)20-6-4-5-11-22-20/h4-11,17,19H,3,12-15H2,1-2H3/t17-,19+/m0/s1. The molecule has 0 saturated carbocycles. The van der Waals surface area contributed by atoms with E-state index in [1.165, 1.54) is 0 Å². The van der Waals surface area contributed by atoms with Crippen molar-refractivity contribution in [1.29, 1.82) is 0 Å². The average Bonchev–Trinajstić information content (AvgIpc) is 3.09. The maximum atomic E-state index is 12.8. The first-order valence-corrected chi connectivity index (χ1v) is 9.10. The molecule has 0 radical (unpaired) electrons. The molecule has 2 aromatic rings. The van der Waals surface area contributed by atoms with E-state index in [1.54, 1.807) is 7.11 Å². The third kappa shape index (κ3) is 4.41. The average molecular weight is 354 g/mol. The van der Waals surface area contributed by atoms with Gasteiger partial charge in [0.2, 0.25) is 5.91 Å². The van der Waals surface area contributed by atoms with Gasteiger partial charge < -0.3 is 14.4 Å². The lowest BCUT2D eigenvalue weighted by Gasteiger charge is -2.16. The summed E-state index contributed by atoms with van der Waals surface area (Å²) in [6.45, 7) is 4.64. The quantitative estimate of drug-likeness (QED) is 0.767. The largest absolute Gasteiger partial charge is 0.494 e. The van der Waals surface area contributed by atoms with E-state index >= 15 is 0 Å². The number of nitrogens with zero attached hydrogens (tertiary/aromatic N) is 2. The minimum Gasteiger partial charge on any atom is -0.494 e. The van der Waals surface area contributed by atoms with Crippen LogP contribution in [0.3, 0.4) is 0 Å². The molecule has 3 rings (SSSR count). The van der Waals surface area contributed by atoms with E-state index in [0.717, 1.165) is 17.0 Å². The van der Waals surface area contributed by atoms with Crippen LogP contribution in [0.25, 0.3) is 0 Å². The van der Waals surface area contributed by atoms with Crippen molar-refractivity contribution in [2.24, 2.45) is 5.92 Å². The smallest absolute Gasteiger partial charge is 0.227 e. The van der Waals surface area contributed by atoms with Crippen molar-refractivity contribution in [3.8, 4) is 5.75 Å². The fourth-order valence-corrected chi connectivity index (χ4v) is 3.54. The number of pyridine rings is 1. The highest BCUT2D eigenvalue weighted by atomic mass is 16.5. The number of benzene rings is 1. The zero-order chi connectivity index (χ0) is 18.4. The maximum absolute atomic E-state index is 12.8. The van der Waals surface area contributed by atoms with Gasteiger partial charge in [0.15, 0.2) is 0 Å². The second-order valence-electron chi connectivity index (χ2n) is 6.63. The van der Waals surface area contributed by atoms with Crippen LogP contribution in [0.4, 0.5) is 0 Å². The van der Waals surface area contributed by atoms with Crippen LogP contribution < -0.4 is 4.74 Å². The van der Waals surface area contributed by atoms with Gasteiger partial charge in [-0.05, 0) is 36.8 Å². The Morgan fingerprint density at radius 3 is 2.65 bits per heavy atom. The molecule has 0 aliphatic carbocycles. The first-order chi connectivity index (χ1) is 12.7. The normalized spacial score (nSPS) is 19.5. The molecule has 26 heavy (non-hydrogen) atoms. The van der Waals surface area contributed by atoms with Gasteiger partial charge >= 0.3 is 0 Å². The molecule has 138 valence electrons. The van der Waals surface area contributed by atoms with Crippen molar-refractivity contribution in [1.82, 2.24) is 9.88 Å². The monoisotopic (exact) mass is 354 g/mol. The van der Waals surface area contributed by atoms with Crippen LogP contribution in [-0.4, -0.2) is 49.2 Å². The number of methoxy groups -OCH3 is 1. The Bertz CT molecular complexity index is 703. The summed E-state index contributed by atoms with van der Waals surface area (Å²) in [7, 11) is 1.71. The van der Waals surface area contributed by atoms with Crippen LogP contribution in [0, 0.1) is 5.92 Å². The number of amides is 1. The summed E-state index contributed by atoms with van der Waals surface area (Å²) >= 11 is 0. The molecule has 1 aromatic heterocycles. The SMILES string of the molecule is CCOc1ccc(CC(=O)N2C[C@@H](COC)[C@H](c3ccccn3)C2)cc1. The molecule has 0 bridgehead atoms. The van der Waals surface area contributed by atoms with Crippen LogP contribution in [0.5, 0.6) is 5.75 Å². The summed E-state index contributed by atoms with van der Waals surface area (Å²) in [5.74, 6) is 1.48. The number of hydrogen-bond acceptors (Lipinski definition) is 4. The van der Waals surface area contributed by atoms with E-state index in [9.17, 15) is 4.79 Å². The summed E-state index contributed by atoms with van der Waals surface area (Å²) in [6, 6.07) is 13.7. The van der Waals surface area contributed by atoms with E-state index in [4.69, 9.17) is 9.47 Å². The molecule has 0 unspecified atom stereocenters. The van der Waals surface area contributed by atoms with Gasteiger partial charge in [0.1, 0.15) is 5.75 Å². The number of carbonyl (C=O) groups excluding carboxylic acids is 1. The Balaban J connectivity index is 1.65. The van der Waals surface area contributed by atoms with E-state index in [-0.39, 0.29) is 17.7 Å². The maximum Gasteiger partial charge on any atom is 0.227 e. The first kappa shape index (κ1) is 18.4. The summed E-state index contributed by atoms with van der Waals surface area (Å²) in [6.07, 6.45) is 2.21. The third-order valence-electron chi connectivity index (χ3n) is 4.83. The van der Waals surface area contributed by atoms with Gasteiger partial charge in [0.05, 0.1) is 19.6 Å². The number of aromatic nitrogens is 1. The Hall–Kier alpha value is -2.40. The lowest BCUT2D eigenvalue weighted by Crippen LogP contribution is -2.30. The van der Waals surface area contributed by atoms with Crippen LogP contribution in [0.15, 0.2) is 48.7 Å². The Labute approximate surface area is 155 Å². The van der Waals surface area contributed by atoms with Gasteiger partial charge in [-0.2, -0.15) is 0 Å². The summed E-state index contributed by atoms with van der Waals surface area (Å²) in [5.41, 5.74) is 2.04. The third-order valence-corrected chi connectivity index (χ3v) is 4.83. The molecule has 1 amide bonds. The lowest BCUT2D eigenvalue weighted by atomic mass is 9.93. The molecule has 1 saturated heterocycles. The number of rotatable bonds is 7. The zero-order valence-corrected chi connectivity index (χ0v) is 15.4. The molecule has 0 N–H and O–H groups in total. The summed E-state index contributed by atoms with van der Waals surface area (Å²) in [4.78, 5) is 19.2. The number of hydrogen-bond donors (Lipinski definition) is 0. The molecule has 0 spiro atoms. The molecule has 1 aromatic carbocycles. The molecule has 5 heteroatoms.